The molecule has 4 rings (SSSR count). The Hall–Kier alpha value is -3.70. The quantitative estimate of drug-likeness (QED) is 0.570. The SMILES string of the molecule is CCN(CC)C(=O)c1ccc(NC(=O)C2CCN(c3ccc4nnc(C(F)(F)F)n4n3)CC2)cc1. The van der Waals surface area contributed by atoms with E-state index in [1.165, 1.54) is 6.07 Å². The van der Waals surface area contributed by atoms with Crippen LogP contribution in [0.5, 0.6) is 0 Å². The summed E-state index contributed by atoms with van der Waals surface area (Å²) in [6.07, 6.45) is -3.61. The minimum atomic E-state index is -4.66. The van der Waals surface area contributed by atoms with Gasteiger partial charge >= 0.3 is 6.18 Å². The molecular weight excluding hydrogens is 463 g/mol. The number of nitrogens with one attached hydrogen (secondary N) is 1. The van der Waals surface area contributed by atoms with Gasteiger partial charge in [0.2, 0.25) is 5.91 Å². The summed E-state index contributed by atoms with van der Waals surface area (Å²) in [5.74, 6) is -1.23. The van der Waals surface area contributed by atoms with Gasteiger partial charge in [-0.15, -0.1) is 15.3 Å². The molecule has 9 nitrogen and oxygen atoms in total. The number of rotatable bonds is 6. The highest BCUT2D eigenvalue weighted by Crippen LogP contribution is 2.29. The van der Waals surface area contributed by atoms with E-state index < -0.39 is 12.0 Å². The first-order chi connectivity index (χ1) is 16.7. The Morgan fingerprint density at radius 1 is 1.03 bits per heavy atom. The number of nitrogens with zero attached hydrogens (tertiary/aromatic N) is 6. The summed E-state index contributed by atoms with van der Waals surface area (Å²) in [4.78, 5) is 28.8. The Balaban J connectivity index is 1.36. The first kappa shape index (κ1) is 24.4. The Bertz CT molecular complexity index is 1200. The first-order valence-electron chi connectivity index (χ1n) is 11.5. The number of benzene rings is 1. The number of carbonyl (C=O) groups excluding carboxylic acids is 2. The number of anilines is 2. The standard InChI is InChI=1S/C23H26F3N7O2/c1-3-31(4-2)21(35)16-5-7-17(8-6-16)27-20(34)15-11-13-32(14-12-15)19-10-9-18-28-29-22(23(24,25)26)33(18)30-19/h5-10,15H,3-4,11-14H2,1-2H3,(H,27,34). The maximum atomic E-state index is 13.1. The van der Waals surface area contributed by atoms with E-state index in [-0.39, 0.29) is 23.4 Å². The van der Waals surface area contributed by atoms with Crippen molar-refractivity contribution >= 4 is 29.0 Å². The molecule has 1 N–H and O–H groups in total. The smallest absolute Gasteiger partial charge is 0.355 e. The summed E-state index contributed by atoms with van der Waals surface area (Å²) in [5.41, 5.74) is 1.18. The maximum Gasteiger partial charge on any atom is 0.453 e. The highest BCUT2D eigenvalue weighted by molar-refractivity contribution is 5.96. The third kappa shape index (κ3) is 5.20. The molecule has 1 aromatic carbocycles. The van der Waals surface area contributed by atoms with Crippen molar-refractivity contribution in [2.75, 3.05) is 36.4 Å². The van der Waals surface area contributed by atoms with E-state index in [0.29, 0.717) is 60.6 Å². The van der Waals surface area contributed by atoms with E-state index in [1.54, 1.807) is 35.2 Å². The van der Waals surface area contributed by atoms with Gasteiger partial charge in [-0.25, -0.2) is 0 Å². The fraction of sp³-hybridized carbons (Fsp3) is 0.435. The van der Waals surface area contributed by atoms with Crippen molar-refractivity contribution in [1.29, 1.82) is 0 Å². The molecule has 3 heterocycles. The lowest BCUT2D eigenvalue weighted by Gasteiger charge is -2.32. The van der Waals surface area contributed by atoms with E-state index in [2.05, 4.69) is 20.6 Å². The number of carbonyl (C=O) groups is 2. The zero-order valence-electron chi connectivity index (χ0n) is 19.4. The lowest BCUT2D eigenvalue weighted by Crippen LogP contribution is -2.38. The predicted molar refractivity (Wildman–Crippen MR) is 123 cm³/mol. The van der Waals surface area contributed by atoms with Gasteiger partial charge in [-0.1, -0.05) is 0 Å². The van der Waals surface area contributed by atoms with Gasteiger partial charge in [0, 0.05) is 43.3 Å². The van der Waals surface area contributed by atoms with Gasteiger partial charge in [0.1, 0.15) is 5.82 Å². The Morgan fingerprint density at radius 3 is 2.29 bits per heavy atom. The molecule has 0 aliphatic carbocycles. The van der Waals surface area contributed by atoms with Crippen molar-refractivity contribution in [3.63, 3.8) is 0 Å². The molecule has 1 aliphatic heterocycles. The van der Waals surface area contributed by atoms with Gasteiger partial charge in [0.25, 0.3) is 11.7 Å². The number of amides is 2. The van der Waals surface area contributed by atoms with Crippen LogP contribution in [0.4, 0.5) is 24.7 Å². The van der Waals surface area contributed by atoms with Crippen molar-refractivity contribution < 1.29 is 22.8 Å². The molecule has 2 amide bonds. The molecule has 0 saturated carbocycles. The van der Waals surface area contributed by atoms with Crippen LogP contribution in [0.3, 0.4) is 0 Å². The first-order valence-corrected chi connectivity index (χ1v) is 11.5. The Morgan fingerprint density at radius 2 is 1.69 bits per heavy atom. The van der Waals surface area contributed by atoms with E-state index in [0.717, 1.165) is 0 Å². The van der Waals surface area contributed by atoms with Crippen molar-refractivity contribution in [2.24, 2.45) is 5.92 Å². The van der Waals surface area contributed by atoms with E-state index in [1.807, 2.05) is 18.7 Å². The van der Waals surface area contributed by atoms with Gasteiger partial charge < -0.3 is 15.1 Å². The Labute approximate surface area is 199 Å². The molecule has 12 heteroatoms. The van der Waals surface area contributed by atoms with E-state index in [4.69, 9.17) is 0 Å². The maximum absolute atomic E-state index is 13.1. The summed E-state index contributed by atoms with van der Waals surface area (Å²) >= 11 is 0. The highest BCUT2D eigenvalue weighted by Gasteiger charge is 2.38. The van der Waals surface area contributed by atoms with Crippen LogP contribution in [0.1, 0.15) is 42.9 Å². The van der Waals surface area contributed by atoms with Gasteiger partial charge in [-0.2, -0.15) is 17.7 Å². The second kappa shape index (κ2) is 9.88. The van der Waals surface area contributed by atoms with Crippen molar-refractivity contribution in [1.82, 2.24) is 24.7 Å². The minimum absolute atomic E-state index is 0.0140. The molecule has 2 aromatic heterocycles. The average Bonchev–Trinajstić information content (AvgIpc) is 3.29. The lowest BCUT2D eigenvalue weighted by molar-refractivity contribution is -0.146. The molecule has 0 bridgehead atoms. The van der Waals surface area contributed by atoms with Crippen LogP contribution in [-0.4, -0.2) is 62.7 Å². The second-order valence-electron chi connectivity index (χ2n) is 8.29. The monoisotopic (exact) mass is 489 g/mol. The van der Waals surface area contributed by atoms with Crippen LogP contribution in [0.25, 0.3) is 5.65 Å². The molecule has 1 fully saturated rings. The third-order valence-corrected chi connectivity index (χ3v) is 6.14. The molecule has 0 radical (unpaired) electrons. The van der Waals surface area contributed by atoms with Crippen LogP contribution in [-0.2, 0) is 11.0 Å². The topological polar surface area (TPSA) is 95.7 Å². The number of piperidine rings is 1. The van der Waals surface area contributed by atoms with Crippen LogP contribution >= 0.6 is 0 Å². The molecule has 0 unspecified atom stereocenters. The van der Waals surface area contributed by atoms with Gasteiger partial charge in [-0.3, -0.25) is 9.59 Å². The summed E-state index contributed by atoms with van der Waals surface area (Å²) in [6.45, 7) is 6.03. The summed E-state index contributed by atoms with van der Waals surface area (Å²) < 4.78 is 40.1. The molecule has 1 aliphatic rings. The predicted octanol–water partition coefficient (Wildman–Crippen LogP) is 3.48. The second-order valence-corrected chi connectivity index (χ2v) is 8.29. The zero-order chi connectivity index (χ0) is 25.2. The number of halogens is 3. The molecule has 0 atom stereocenters. The Kier molecular flexibility index (Phi) is 6.90. The van der Waals surface area contributed by atoms with E-state index in [9.17, 15) is 22.8 Å². The van der Waals surface area contributed by atoms with Crippen LogP contribution in [0.2, 0.25) is 0 Å². The lowest BCUT2D eigenvalue weighted by atomic mass is 9.95. The summed E-state index contributed by atoms with van der Waals surface area (Å²) in [6, 6.07) is 9.85. The molecular formula is C23H26F3N7O2. The van der Waals surface area contributed by atoms with Crippen LogP contribution < -0.4 is 10.2 Å². The van der Waals surface area contributed by atoms with Crippen LogP contribution in [0, 0.1) is 5.92 Å². The molecule has 3 aromatic rings. The molecule has 35 heavy (non-hydrogen) atoms. The number of hydrogen-bond donors (Lipinski definition) is 1. The average molecular weight is 490 g/mol. The largest absolute Gasteiger partial charge is 0.453 e. The fourth-order valence-corrected chi connectivity index (χ4v) is 4.13. The van der Waals surface area contributed by atoms with E-state index >= 15 is 0 Å². The highest BCUT2D eigenvalue weighted by atomic mass is 19.4. The third-order valence-electron chi connectivity index (χ3n) is 6.14. The number of hydrogen-bond acceptors (Lipinski definition) is 6. The molecule has 0 spiro atoms. The fourth-order valence-electron chi connectivity index (χ4n) is 4.13. The summed E-state index contributed by atoms with van der Waals surface area (Å²) in [5, 5.41) is 13.7. The minimum Gasteiger partial charge on any atom is -0.355 e. The van der Waals surface area contributed by atoms with Crippen LogP contribution in [0.15, 0.2) is 36.4 Å². The zero-order valence-corrected chi connectivity index (χ0v) is 19.4. The van der Waals surface area contributed by atoms with Crippen molar-refractivity contribution in [3.05, 3.63) is 47.8 Å². The van der Waals surface area contributed by atoms with Gasteiger partial charge in [0.05, 0.1) is 0 Å². The number of aromatic nitrogens is 4. The van der Waals surface area contributed by atoms with Gasteiger partial charge in [0.15, 0.2) is 5.65 Å². The number of fused-ring (bicyclic) bond motifs is 1. The number of alkyl halides is 3. The molecule has 186 valence electrons. The van der Waals surface area contributed by atoms with Crippen molar-refractivity contribution in [2.45, 2.75) is 32.9 Å². The normalized spacial score (nSPS) is 14.8. The summed E-state index contributed by atoms with van der Waals surface area (Å²) in [7, 11) is 0. The van der Waals surface area contributed by atoms with Crippen molar-refractivity contribution in [3.8, 4) is 0 Å². The molecule has 1 saturated heterocycles. The van der Waals surface area contributed by atoms with Gasteiger partial charge in [-0.05, 0) is 63.1 Å².